The van der Waals surface area contributed by atoms with Crippen LogP contribution in [0.2, 0.25) is 5.02 Å². The molecule has 6 heteroatoms. The molecule has 0 amide bonds. The number of halogens is 1. The predicted molar refractivity (Wildman–Crippen MR) is 79.9 cm³/mol. The lowest BCUT2D eigenvalue weighted by molar-refractivity contribution is -0.138. The summed E-state index contributed by atoms with van der Waals surface area (Å²) < 4.78 is 5.10. The monoisotopic (exact) mass is 313 g/mol. The van der Waals surface area contributed by atoms with E-state index < -0.39 is 5.97 Å². The first-order valence-corrected chi connectivity index (χ1v) is 7.37. The zero-order valence-corrected chi connectivity index (χ0v) is 12.8. The highest BCUT2D eigenvalue weighted by Gasteiger charge is 2.22. The van der Waals surface area contributed by atoms with E-state index >= 15 is 0 Å². The van der Waals surface area contributed by atoms with Crippen molar-refractivity contribution in [2.45, 2.75) is 25.8 Å². The van der Waals surface area contributed by atoms with Crippen molar-refractivity contribution in [2.75, 3.05) is 20.2 Å². The number of carboxylic acid groups (broad SMARTS) is 1. The van der Waals surface area contributed by atoms with Crippen LogP contribution in [0.1, 0.15) is 24.8 Å². The van der Waals surface area contributed by atoms with Crippen molar-refractivity contribution >= 4 is 17.6 Å². The zero-order valence-electron chi connectivity index (χ0n) is 12.0. The van der Waals surface area contributed by atoms with Crippen LogP contribution in [0.4, 0.5) is 0 Å². The van der Waals surface area contributed by atoms with Crippen LogP contribution in [-0.2, 0) is 11.3 Å². The summed E-state index contributed by atoms with van der Waals surface area (Å²) in [4.78, 5) is 12.9. The predicted octanol–water partition coefficient (Wildman–Crippen LogP) is 2.74. The van der Waals surface area contributed by atoms with Crippen LogP contribution in [0, 0.1) is 5.92 Å². The van der Waals surface area contributed by atoms with Gasteiger partial charge in [0, 0.05) is 29.6 Å². The van der Waals surface area contributed by atoms with Crippen molar-refractivity contribution in [2.24, 2.45) is 5.92 Å². The minimum absolute atomic E-state index is 0.120. The fraction of sp³-hybridized carbons (Fsp3) is 0.533. The highest BCUT2D eigenvalue weighted by molar-refractivity contribution is 6.30. The van der Waals surface area contributed by atoms with E-state index in [9.17, 15) is 9.90 Å². The molecule has 0 atom stereocenters. The van der Waals surface area contributed by atoms with Crippen molar-refractivity contribution < 1.29 is 19.7 Å². The molecule has 116 valence electrons. The summed E-state index contributed by atoms with van der Waals surface area (Å²) in [6.07, 6.45) is 1.97. The standard InChI is InChI=1S/C15H20ClNO4/c1-21-13-8-12(16)7-11(15(13)20)9-17-4-2-10(3-5-17)6-14(18)19/h7-8,10,20H,2-6,9H2,1H3,(H,18,19). The van der Waals surface area contributed by atoms with E-state index in [1.807, 2.05) is 0 Å². The Kier molecular flexibility index (Phi) is 5.31. The topological polar surface area (TPSA) is 70.0 Å². The Morgan fingerprint density at radius 2 is 2.10 bits per heavy atom. The zero-order chi connectivity index (χ0) is 15.4. The molecule has 0 bridgehead atoms. The minimum atomic E-state index is -0.731. The molecule has 1 aromatic carbocycles. The molecule has 1 aromatic rings. The molecule has 0 unspecified atom stereocenters. The SMILES string of the molecule is COc1cc(Cl)cc(CN2CCC(CC(=O)O)CC2)c1O. The van der Waals surface area contributed by atoms with Gasteiger partial charge in [-0.25, -0.2) is 0 Å². The maximum absolute atomic E-state index is 10.7. The Hall–Kier alpha value is -1.46. The second kappa shape index (κ2) is 7.00. The average molecular weight is 314 g/mol. The summed E-state index contributed by atoms with van der Waals surface area (Å²) in [5, 5.41) is 19.5. The van der Waals surface area contributed by atoms with E-state index in [4.69, 9.17) is 21.4 Å². The molecule has 1 saturated heterocycles. The molecule has 21 heavy (non-hydrogen) atoms. The number of piperidine rings is 1. The lowest BCUT2D eigenvalue weighted by atomic mass is 9.93. The van der Waals surface area contributed by atoms with Gasteiger partial charge in [-0.2, -0.15) is 0 Å². The van der Waals surface area contributed by atoms with Gasteiger partial charge in [-0.1, -0.05) is 11.6 Å². The van der Waals surface area contributed by atoms with Gasteiger partial charge in [-0.15, -0.1) is 0 Å². The molecular weight excluding hydrogens is 294 g/mol. The number of ether oxygens (including phenoxy) is 1. The van der Waals surface area contributed by atoms with Gasteiger partial charge in [-0.05, 0) is 37.9 Å². The number of rotatable bonds is 5. The number of benzene rings is 1. The normalized spacial score (nSPS) is 16.9. The van der Waals surface area contributed by atoms with Crippen molar-refractivity contribution in [1.82, 2.24) is 4.90 Å². The second-order valence-electron chi connectivity index (χ2n) is 5.43. The average Bonchev–Trinajstić information content (AvgIpc) is 2.44. The number of methoxy groups -OCH3 is 1. The summed E-state index contributed by atoms with van der Waals surface area (Å²) in [6, 6.07) is 3.32. The molecule has 0 radical (unpaired) electrons. The first kappa shape index (κ1) is 15.9. The number of carboxylic acids is 1. The smallest absolute Gasteiger partial charge is 0.303 e. The molecule has 0 saturated carbocycles. The van der Waals surface area contributed by atoms with Crippen LogP contribution in [0.25, 0.3) is 0 Å². The van der Waals surface area contributed by atoms with Crippen LogP contribution in [-0.4, -0.2) is 41.3 Å². The van der Waals surface area contributed by atoms with Crippen molar-refractivity contribution in [1.29, 1.82) is 0 Å². The summed E-state index contributed by atoms with van der Waals surface area (Å²) in [5.41, 5.74) is 0.732. The maximum Gasteiger partial charge on any atom is 0.303 e. The van der Waals surface area contributed by atoms with Gasteiger partial charge in [0.1, 0.15) is 0 Å². The largest absolute Gasteiger partial charge is 0.504 e. The van der Waals surface area contributed by atoms with Gasteiger partial charge in [0.25, 0.3) is 0 Å². The molecule has 0 aromatic heterocycles. The van der Waals surface area contributed by atoms with E-state index in [-0.39, 0.29) is 18.1 Å². The molecule has 1 fully saturated rings. The lowest BCUT2D eigenvalue weighted by Crippen LogP contribution is -2.33. The van der Waals surface area contributed by atoms with E-state index in [2.05, 4.69) is 4.90 Å². The van der Waals surface area contributed by atoms with Crippen molar-refractivity contribution in [3.8, 4) is 11.5 Å². The van der Waals surface area contributed by atoms with Gasteiger partial charge in [0.15, 0.2) is 11.5 Å². The van der Waals surface area contributed by atoms with Gasteiger partial charge in [-0.3, -0.25) is 9.69 Å². The van der Waals surface area contributed by atoms with E-state index in [0.29, 0.717) is 17.3 Å². The van der Waals surface area contributed by atoms with Gasteiger partial charge < -0.3 is 14.9 Å². The van der Waals surface area contributed by atoms with E-state index in [1.54, 1.807) is 12.1 Å². The Bertz CT molecular complexity index is 513. The van der Waals surface area contributed by atoms with Gasteiger partial charge in [0.2, 0.25) is 0 Å². The molecule has 0 aliphatic carbocycles. The van der Waals surface area contributed by atoms with E-state index in [1.165, 1.54) is 7.11 Å². The third-order valence-corrected chi connectivity index (χ3v) is 4.12. The number of carbonyl (C=O) groups is 1. The van der Waals surface area contributed by atoms with E-state index in [0.717, 1.165) is 31.5 Å². The molecule has 2 N–H and O–H groups in total. The first-order chi connectivity index (χ1) is 9.99. The minimum Gasteiger partial charge on any atom is -0.504 e. The summed E-state index contributed by atoms with van der Waals surface area (Å²) in [5.74, 6) is 0.0136. The van der Waals surface area contributed by atoms with Crippen LogP contribution in [0.5, 0.6) is 11.5 Å². The molecule has 1 aliphatic heterocycles. The third-order valence-electron chi connectivity index (χ3n) is 3.90. The Morgan fingerprint density at radius 1 is 1.43 bits per heavy atom. The van der Waals surface area contributed by atoms with Gasteiger partial charge >= 0.3 is 5.97 Å². The Labute approximate surface area is 129 Å². The highest BCUT2D eigenvalue weighted by Crippen LogP contribution is 2.34. The third kappa shape index (κ3) is 4.25. The quantitative estimate of drug-likeness (QED) is 0.874. The molecule has 0 spiro atoms. The summed E-state index contributed by atoms with van der Waals surface area (Å²) in [7, 11) is 1.49. The number of aromatic hydroxyl groups is 1. The van der Waals surface area contributed by atoms with Crippen LogP contribution < -0.4 is 4.74 Å². The van der Waals surface area contributed by atoms with Gasteiger partial charge in [0.05, 0.1) is 7.11 Å². The number of hydrogen-bond donors (Lipinski definition) is 2. The Morgan fingerprint density at radius 3 is 2.67 bits per heavy atom. The van der Waals surface area contributed by atoms with Crippen LogP contribution in [0.3, 0.4) is 0 Å². The summed E-state index contributed by atoms with van der Waals surface area (Å²) >= 11 is 6.02. The Balaban J connectivity index is 1.97. The number of aliphatic carboxylic acids is 1. The number of phenolic OH excluding ortho intramolecular Hbond substituents is 1. The number of phenols is 1. The van der Waals surface area contributed by atoms with Crippen molar-refractivity contribution in [3.05, 3.63) is 22.7 Å². The van der Waals surface area contributed by atoms with Crippen LogP contribution >= 0.6 is 11.6 Å². The number of likely N-dealkylation sites (tertiary alicyclic amines) is 1. The lowest BCUT2D eigenvalue weighted by Gasteiger charge is -2.31. The molecule has 5 nitrogen and oxygen atoms in total. The molecule has 2 rings (SSSR count). The highest BCUT2D eigenvalue weighted by atomic mass is 35.5. The summed E-state index contributed by atoms with van der Waals surface area (Å²) in [6.45, 7) is 2.24. The number of hydrogen-bond acceptors (Lipinski definition) is 4. The fourth-order valence-electron chi connectivity index (χ4n) is 2.74. The molecule has 1 aliphatic rings. The number of nitrogens with zero attached hydrogens (tertiary/aromatic N) is 1. The first-order valence-electron chi connectivity index (χ1n) is 6.99. The molecule has 1 heterocycles. The maximum atomic E-state index is 10.7. The fourth-order valence-corrected chi connectivity index (χ4v) is 2.97. The second-order valence-corrected chi connectivity index (χ2v) is 5.87. The van der Waals surface area contributed by atoms with Crippen LogP contribution in [0.15, 0.2) is 12.1 Å². The molecular formula is C15H20ClNO4. The van der Waals surface area contributed by atoms with Crippen molar-refractivity contribution in [3.63, 3.8) is 0 Å².